The number of hydrogen-bond acceptors (Lipinski definition) is 1. The fraction of sp³-hybridized carbons (Fsp3) is 0.0714. The van der Waals surface area contributed by atoms with Crippen molar-refractivity contribution in [1.82, 2.24) is 14.1 Å². The molecule has 366 valence electrons. The van der Waals surface area contributed by atoms with Gasteiger partial charge in [0.15, 0.2) is 0 Å². The van der Waals surface area contributed by atoms with Gasteiger partial charge in [0.05, 0.1) is 50.4 Å². The largest absolute Gasteiger partial charge is 0.416 e. The van der Waals surface area contributed by atoms with Gasteiger partial charge in [0.1, 0.15) is 0 Å². The molecule has 13 rings (SSSR count). The van der Waals surface area contributed by atoms with E-state index in [1.54, 1.807) is 0 Å². The molecule has 76 heavy (non-hydrogen) atoms. The Bertz CT molecular complexity index is 4000. The summed E-state index contributed by atoms with van der Waals surface area (Å²) in [5, 5.41) is 3.67. The number of hydrogen-bond donors (Lipinski definition) is 0. The SMILES string of the molecule is Cc1ccccc1-c1ccc2c3ccc(-c4ccccc4C)cc3n(-c3cc(C(F)(F)F)cc(-n4c5cc(-c6ccccc6C)ccc5c5ccc(-c6ccccc6C)cc54)c3-c3cccc(-c4ccccc4)n3)c2c1. The molecule has 0 saturated carbocycles. The lowest BCUT2D eigenvalue weighted by molar-refractivity contribution is -0.137. The molecule has 0 aliphatic carbocycles. The molecule has 0 radical (unpaired) electrons. The predicted molar refractivity (Wildman–Crippen MR) is 309 cm³/mol. The van der Waals surface area contributed by atoms with Crippen LogP contribution in [-0.2, 0) is 6.18 Å². The van der Waals surface area contributed by atoms with E-state index in [0.717, 1.165) is 116 Å². The second kappa shape index (κ2) is 18.3. The monoisotopic (exact) mass is 989 g/mol. The number of halogens is 3. The first kappa shape index (κ1) is 46.5. The van der Waals surface area contributed by atoms with E-state index < -0.39 is 11.7 Å². The molecule has 0 unspecified atom stereocenters. The van der Waals surface area contributed by atoms with Crippen LogP contribution in [0.5, 0.6) is 0 Å². The Labute approximate surface area is 439 Å². The van der Waals surface area contributed by atoms with Crippen LogP contribution in [0.15, 0.2) is 231 Å². The molecule has 0 spiro atoms. The van der Waals surface area contributed by atoms with Crippen molar-refractivity contribution in [3.8, 4) is 78.4 Å². The zero-order valence-corrected chi connectivity index (χ0v) is 42.4. The first-order chi connectivity index (χ1) is 37.0. The molecule has 0 aliphatic rings. The van der Waals surface area contributed by atoms with Gasteiger partial charge in [0, 0.05) is 32.7 Å². The van der Waals surface area contributed by atoms with E-state index >= 15 is 13.2 Å². The molecule has 3 heterocycles. The maximum absolute atomic E-state index is 16.4. The van der Waals surface area contributed by atoms with Crippen LogP contribution < -0.4 is 0 Å². The third kappa shape index (κ3) is 7.88. The number of rotatable bonds is 8. The van der Waals surface area contributed by atoms with E-state index in [-0.39, 0.29) is 0 Å². The van der Waals surface area contributed by atoms with Crippen molar-refractivity contribution in [2.24, 2.45) is 0 Å². The van der Waals surface area contributed by atoms with Crippen LogP contribution in [0.4, 0.5) is 13.2 Å². The molecule has 3 aromatic heterocycles. The Morgan fingerprint density at radius 2 is 0.645 bits per heavy atom. The molecule has 0 fully saturated rings. The fourth-order valence-corrected chi connectivity index (χ4v) is 11.5. The Kier molecular flexibility index (Phi) is 11.2. The minimum atomic E-state index is -4.75. The van der Waals surface area contributed by atoms with Crippen LogP contribution in [0.3, 0.4) is 0 Å². The van der Waals surface area contributed by atoms with Crippen molar-refractivity contribution >= 4 is 43.6 Å². The topological polar surface area (TPSA) is 22.8 Å². The van der Waals surface area contributed by atoms with Gasteiger partial charge >= 0.3 is 6.18 Å². The highest BCUT2D eigenvalue weighted by molar-refractivity contribution is 6.14. The Morgan fingerprint density at radius 3 is 0.987 bits per heavy atom. The van der Waals surface area contributed by atoms with Gasteiger partial charge in [0.25, 0.3) is 0 Å². The number of pyridine rings is 1. The molecule has 0 N–H and O–H groups in total. The molecular formula is C70H50F3N3. The molecule has 0 amide bonds. The van der Waals surface area contributed by atoms with Gasteiger partial charge in [-0.3, -0.25) is 0 Å². The van der Waals surface area contributed by atoms with Crippen molar-refractivity contribution in [3.63, 3.8) is 0 Å². The highest BCUT2D eigenvalue weighted by Crippen LogP contribution is 2.47. The fourth-order valence-electron chi connectivity index (χ4n) is 11.5. The zero-order chi connectivity index (χ0) is 51.8. The zero-order valence-electron chi connectivity index (χ0n) is 42.4. The summed E-state index contributed by atoms with van der Waals surface area (Å²) >= 11 is 0. The van der Waals surface area contributed by atoms with Crippen molar-refractivity contribution < 1.29 is 13.2 Å². The number of benzene rings is 10. The van der Waals surface area contributed by atoms with Gasteiger partial charge in [-0.25, -0.2) is 4.98 Å². The Balaban J connectivity index is 1.23. The third-order valence-electron chi connectivity index (χ3n) is 15.3. The summed E-state index contributed by atoms with van der Waals surface area (Å²) in [5.41, 5.74) is 18.1. The summed E-state index contributed by atoms with van der Waals surface area (Å²) in [7, 11) is 0. The third-order valence-corrected chi connectivity index (χ3v) is 15.3. The van der Waals surface area contributed by atoms with Crippen molar-refractivity contribution in [1.29, 1.82) is 0 Å². The quantitative estimate of drug-likeness (QED) is 0.149. The number of nitrogens with zero attached hydrogens (tertiary/aromatic N) is 3. The van der Waals surface area contributed by atoms with Crippen LogP contribution in [0, 0.1) is 27.7 Å². The van der Waals surface area contributed by atoms with Crippen LogP contribution in [0.2, 0.25) is 0 Å². The summed E-state index contributed by atoms with van der Waals surface area (Å²) < 4.78 is 53.3. The van der Waals surface area contributed by atoms with Crippen molar-refractivity contribution in [3.05, 3.63) is 258 Å². The summed E-state index contributed by atoms with van der Waals surface area (Å²) in [6, 6.07) is 77.1. The number of aromatic nitrogens is 3. The Hall–Kier alpha value is -9.26. The number of alkyl halides is 3. The molecule has 10 aromatic carbocycles. The van der Waals surface area contributed by atoms with E-state index in [2.05, 4.69) is 158 Å². The molecule has 0 atom stereocenters. The van der Waals surface area contributed by atoms with E-state index in [9.17, 15) is 0 Å². The standard InChI is InChI=1S/C70H50F3N3/c1-43-17-8-12-23-53(43)48-29-33-57-58-34-30-49(54-24-13-9-18-44(54)2)38-64(58)75(63(57)37-48)67-41-52(70(71,72)73)42-68(69(67)62-28-16-27-61(74-62)47-21-6-5-7-22-47)76-65-39-50(55-25-14-10-19-45(55)3)31-35-59(65)60-36-32-51(40-66(60)76)56-26-15-11-20-46(56)4/h5-42H,1-4H3. The van der Waals surface area contributed by atoms with Gasteiger partial charge in [0.2, 0.25) is 0 Å². The average molecular weight is 990 g/mol. The minimum Gasteiger partial charge on any atom is -0.308 e. The lowest BCUT2D eigenvalue weighted by atomic mass is 9.98. The molecular weight excluding hydrogens is 940 g/mol. The van der Waals surface area contributed by atoms with E-state index in [1.165, 1.54) is 12.1 Å². The first-order valence-electron chi connectivity index (χ1n) is 25.7. The van der Waals surface area contributed by atoms with E-state index in [1.807, 2.05) is 97.1 Å². The lowest BCUT2D eigenvalue weighted by Gasteiger charge is -2.23. The molecule has 0 bridgehead atoms. The van der Waals surface area contributed by atoms with Gasteiger partial charge < -0.3 is 9.13 Å². The summed E-state index contributed by atoms with van der Waals surface area (Å²) in [6.45, 7) is 8.36. The van der Waals surface area contributed by atoms with Crippen molar-refractivity contribution in [2.75, 3.05) is 0 Å². The number of aryl methyl sites for hydroxylation is 4. The van der Waals surface area contributed by atoms with Gasteiger partial charge in [-0.15, -0.1) is 0 Å². The maximum Gasteiger partial charge on any atom is 0.416 e. The Morgan fingerprint density at radius 1 is 0.316 bits per heavy atom. The molecule has 0 saturated heterocycles. The summed E-state index contributed by atoms with van der Waals surface area (Å²) in [5.74, 6) is 0. The van der Waals surface area contributed by atoms with Crippen LogP contribution in [-0.4, -0.2) is 14.1 Å². The lowest BCUT2D eigenvalue weighted by Crippen LogP contribution is -2.11. The average Bonchev–Trinajstić information content (AvgIpc) is 4.03. The second-order valence-electron chi connectivity index (χ2n) is 20.0. The van der Waals surface area contributed by atoms with E-state index in [4.69, 9.17) is 4.98 Å². The smallest absolute Gasteiger partial charge is 0.308 e. The van der Waals surface area contributed by atoms with Crippen LogP contribution >= 0.6 is 0 Å². The van der Waals surface area contributed by atoms with Crippen LogP contribution in [0.25, 0.3) is 122 Å². The maximum atomic E-state index is 16.4. The summed E-state index contributed by atoms with van der Waals surface area (Å²) in [4.78, 5) is 5.47. The molecule has 13 aromatic rings. The number of fused-ring (bicyclic) bond motifs is 6. The molecule has 3 nitrogen and oxygen atoms in total. The highest BCUT2D eigenvalue weighted by Gasteiger charge is 2.35. The molecule has 6 heteroatoms. The van der Waals surface area contributed by atoms with E-state index in [0.29, 0.717) is 28.3 Å². The first-order valence-corrected chi connectivity index (χ1v) is 25.7. The van der Waals surface area contributed by atoms with Crippen LogP contribution in [0.1, 0.15) is 27.8 Å². The highest BCUT2D eigenvalue weighted by atomic mass is 19.4. The van der Waals surface area contributed by atoms with Crippen molar-refractivity contribution in [2.45, 2.75) is 33.9 Å². The van der Waals surface area contributed by atoms with Gasteiger partial charge in [-0.05, 0) is 143 Å². The summed E-state index contributed by atoms with van der Waals surface area (Å²) in [6.07, 6.45) is -4.75. The second-order valence-corrected chi connectivity index (χ2v) is 20.0. The van der Waals surface area contributed by atoms with Gasteiger partial charge in [-0.2, -0.15) is 13.2 Å². The predicted octanol–water partition coefficient (Wildman–Crippen LogP) is 19.5. The normalized spacial score (nSPS) is 11.9. The molecule has 0 aliphatic heterocycles. The van der Waals surface area contributed by atoms with Gasteiger partial charge in [-0.1, -0.05) is 182 Å². The minimum absolute atomic E-state index is 0.353.